The van der Waals surface area contributed by atoms with Gasteiger partial charge in [-0.2, -0.15) is 0 Å². The zero-order chi connectivity index (χ0) is 15.7. The van der Waals surface area contributed by atoms with E-state index in [0.717, 1.165) is 16.7 Å². The second kappa shape index (κ2) is 5.91. The smallest absolute Gasteiger partial charge is 0.330 e. The van der Waals surface area contributed by atoms with Crippen molar-refractivity contribution in [3.05, 3.63) is 60.6 Å². The van der Waals surface area contributed by atoms with Gasteiger partial charge in [0, 0.05) is 25.9 Å². The van der Waals surface area contributed by atoms with E-state index in [-0.39, 0.29) is 16.6 Å². The van der Waals surface area contributed by atoms with Gasteiger partial charge in [0.2, 0.25) is 0 Å². The van der Waals surface area contributed by atoms with Crippen molar-refractivity contribution in [2.24, 2.45) is 14.1 Å². The van der Waals surface area contributed by atoms with Crippen molar-refractivity contribution in [3.8, 4) is 0 Å². The van der Waals surface area contributed by atoms with E-state index in [1.165, 1.54) is 17.7 Å². The predicted molar refractivity (Wildman–Crippen MR) is 80.7 cm³/mol. The van der Waals surface area contributed by atoms with Crippen LogP contribution < -0.4 is 16.6 Å². The quantitative estimate of drug-likeness (QED) is 0.937. The second-order valence-corrected chi connectivity index (χ2v) is 5.29. The van der Waals surface area contributed by atoms with Gasteiger partial charge in [0.05, 0.1) is 22.3 Å². The standard InChI is InChI=1S/C13H12Cl2FN3O2/c1-18-8(5-11(20)19(2)13(18)21)6-17-12-9(14)3-7(16)4-10(12)15/h3-5,17H,6H2,1-2H3. The largest absolute Gasteiger partial charge is 0.377 e. The number of anilines is 1. The lowest BCUT2D eigenvalue weighted by atomic mass is 10.3. The van der Waals surface area contributed by atoms with Crippen LogP contribution in [0.4, 0.5) is 10.1 Å². The Morgan fingerprint density at radius 3 is 2.24 bits per heavy atom. The van der Waals surface area contributed by atoms with Crippen molar-refractivity contribution in [3.63, 3.8) is 0 Å². The van der Waals surface area contributed by atoms with Gasteiger partial charge in [-0.15, -0.1) is 0 Å². The van der Waals surface area contributed by atoms with Gasteiger partial charge in [0.25, 0.3) is 5.56 Å². The van der Waals surface area contributed by atoms with Crippen molar-refractivity contribution in [2.45, 2.75) is 6.54 Å². The Labute approximate surface area is 129 Å². The highest BCUT2D eigenvalue weighted by molar-refractivity contribution is 6.39. The maximum atomic E-state index is 13.1. The third-order valence-electron chi connectivity index (χ3n) is 3.08. The molecule has 0 fully saturated rings. The SMILES string of the molecule is Cn1c(CNc2c(Cl)cc(F)cc2Cl)cc(=O)n(C)c1=O. The Kier molecular flexibility index (Phi) is 4.39. The molecule has 1 heterocycles. The van der Waals surface area contributed by atoms with Gasteiger partial charge in [-0.05, 0) is 12.1 Å². The topological polar surface area (TPSA) is 56.0 Å². The first kappa shape index (κ1) is 15.6. The van der Waals surface area contributed by atoms with Gasteiger partial charge in [-0.3, -0.25) is 13.9 Å². The fourth-order valence-electron chi connectivity index (χ4n) is 1.84. The first-order chi connectivity index (χ1) is 9.81. The van der Waals surface area contributed by atoms with Crippen LogP contribution in [0.2, 0.25) is 10.0 Å². The lowest BCUT2D eigenvalue weighted by Crippen LogP contribution is -2.38. The molecule has 0 radical (unpaired) electrons. The fraction of sp³-hybridized carbons (Fsp3) is 0.231. The second-order valence-electron chi connectivity index (χ2n) is 4.47. The minimum Gasteiger partial charge on any atom is -0.377 e. The molecule has 8 heteroatoms. The van der Waals surface area contributed by atoms with Crippen LogP contribution in [0.3, 0.4) is 0 Å². The highest BCUT2D eigenvalue weighted by atomic mass is 35.5. The summed E-state index contributed by atoms with van der Waals surface area (Å²) in [5.74, 6) is -0.545. The monoisotopic (exact) mass is 331 g/mol. The molecule has 0 unspecified atom stereocenters. The molecule has 1 aromatic heterocycles. The fourth-order valence-corrected chi connectivity index (χ4v) is 2.43. The van der Waals surface area contributed by atoms with Gasteiger partial charge in [0.1, 0.15) is 5.82 Å². The van der Waals surface area contributed by atoms with Crippen LogP contribution in [0.25, 0.3) is 0 Å². The van der Waals surface area contributed by atoms with E-state index in [4.69, 9.17) is 23.2 Å². The molecule has 1 aromatic carbocycles. The van der Waals surface area contributed by atoms with Crippen LogP contribution in [-0.4, -0.2) is 9.13 Å². The Hall–Kier alpha value is -1.79. The Bertz CT molecular complexity index is 791. The molecule has 0 aliphatic rings. The lowest BCUT2D eigenvalue weighted by molar-refractivity contribution is 0.628. The molecule has 112 valence electrons. The van der Waals surface area contributed by atoms with Crippen LogP contribution in [0, 0.1) is 5.82 Å². The first-order valence-electron chi connectivity index (χ1n) is 5.95. The molecular weight excluding hydrogens is 320 g/mol. The van der Waals surface area contributed by atoms with Crippen LogP contribution >= 0.6 is 23.2 Å². The molecule has 0 aliphatic carbocycles. The van der Waals surface area contributed by atoms with Crippen LogP contribution in [0.15, 0.2) is 27.8 Å². The molecule has 0 bridgehead atoms. The summed E-state index contributed by atoms with van der Waals surface area (Å²) in [6.45, 7) is 0.146. The van der Waals surface area contributed by atoms with Gasteiger partial charge >= 0.3 is 5.69 Å². The summed E-state index contributed by atoms with van der Waals surface area (Å²) in [6.07, 6.45) is 0. The van der Waals surface area contributed by atoms with Gasteiger partial charge in [-0.25, -0.2) is 9.18 Å². The van der Waals surface area contributed by atoms with Crippen molar-refractivity contribution < 1.29 is 4.39 Å². The van der Waals surface area contributed by atoms with Crippen molar-refractivity contribution >= 4 is 28.9 Å². The highest BCUT2D eigenvalue weighted by Gasteiger charge is 2.10. The molecule has 2 rings (SSSR count). The lowest BCUT2D eigenvalue weighted by Gasteiger charge is -2.13. The third-order valence-corrected chi connectivity index (χ3v) is 3.67. The number of rotatable bonds is 3. The Morgan fingerprint density at radius 1 is 1.10 bits per heavy atom. The number of hydrogen-bond donors (Lipinski definition) is 1. The molecule has 21 heavy (non-hydrogen) atoms. The van der Waals surface area contributed by atoms with E-state index in [2.05, 4.69) is 5.32 Å². The van der Waals surface area contributed by atoms with Crippen molar-refractivity contribution in [2.75, 3.05) is 5.32 Å². The van der Waals surface area contributed by atoms with E-state index < -0.39 is 17.1 Å². The van der Waals surface area contributed by atoms with Gasteiger partial charge in [-0.1, -0.05) is 23.2 Å². The average Bonchev–Trinajstić information content (AvgIpc) is 2.40. The number of nitrogens with zero attached hydrogens (tertiary/aromatic N) is 2. The number of hydrogen-bond acceptors (Lipinski definition) is 3. The number of halogens is 3. The van der Waals surface area contributed by atoms with E-state index in [1.54, 1.807) is 7.05 Å². The summed E-state index contributed by atoms with van der Waals surface area (Å²) < 4.78 is 15.4. The molecule has 1 N–H and O–H groups in total. The van der Waals surface area contributed by atoms with E-state index in [1.807, 2.05) is 0 Å². The third kappa shape index (κ3) is 3.11. The molecule has 0 saturated heterocycles. The molecule has 0 atom stereocenters. The van der Waals surface area contributed by atoms with E-state index in [9.17, 15) is 14.0 Å². The van der Waals surface area contributed by atoms with Crippen molar-refractivity contribution in [1.29, 1.82) is 0 Å². The molecule has 2 aromatic rings. The summed E-state index contributed by atoms with van der Waals surface area (Å²) >= 11 is 11.8. The van der Waals surface area contributed by atoms with E-state index in [0.29, 0.717) is 11.4 Å². The number of nitrogens with one attached hydrogen (secondary N) is 1. The maximum Gasteiger partial charge on any atom is 0.330 e. The molecule has 5 nitrogen and oxygen atoms in total. The molecule has 0 spiro atoms. The average molecular weight is 332 g/mol. The maximum absolute atomic E-state index is 13.1. The summed E-state index contributed by atoms with van der Waals surface area (Å²) in [6, 6.07) is 3.58. The Morgan fingerprint density at radius 2 is 1.67 bits per heavy atom. The summed E-state index contributed by atoms with van der Waals surface area (Å²) in [4.78, 5) is 23.4. The minimum atomic E-state index is -0.545. The van der Waals surface area contributed by atoms with Gasteiger partial charge < -0.3 is 5.32 Å². The van der Waals surface area contributed by atoms with Gasteiger partial charge in [0.15, 0.2) is 0 Å². The van der Waals surface area contributed by atoms with Crippen LogP contribution in [0.5, 0.6) is 0 Å². The molecule has 0 saturated carbocycles. The summed E-state index contributed by atoms with van der Waals surface area (Å²) in [5.41, 5.74) is -0.0470. The summed E-state index contributed by atoms with van der Waals surface area (Å²) in [5, 5.41) is 3.14. The first-order valence-corrected chi connectivity index (χ1v) is 6.71. The van der Waals surface area contributed by atoms with Crippen LogP contribution in [-0.2, 0) is 20.6 Å². The number of benzene rings is 1. The zero-order valence-electron chi connectivity index (χ0n) is 11.3. The number of aromatic nitrogens is 2. The summed E-state index contributed by atoms with van der Waals surface area (Å²) in [7, 11) is 2.95. The van der Waals surface area contributed by atoms with E-state index >= 15 is 0 Å². The minimum absolute atomic E-state index is 0.119. The predicted octanol–water partition coefficient (Wildman–Crippen LogP) is 2.14. The molecule has 0 aliphatic heterocycles. The molecule has 0 amide bonds. The Balaban J connectivity index is 2.34. The zero-order valence-corrected chi connectivity index (χ0v) is 12.8. The normalized spacial score (nSPS) is 10.7. The van der Waals surface area contributed by atoms with Crippen molar-refractivity contribution in [1.82, 2.24) is 9.13 Å². The molecular formula is C13H12Cl2FN3O2. The highest BCUT2D eigenvalue weighted by Crippen LogP contribution is 2.31. The van der Waals surface area contributed by atoms with Crippen LogP contribution in [0.1, 0.15) is 5.69 Å².